The highest BCUT2D eigenvalue weighted by Crippen LogP contribution is 2.28. The molecule has 0 unspecified atom stereocenters. The first-order chi connectivity index (χ1) is 13.1. The Labute approximate surface area is 173 Å². The summed E-state index contributed by atoms with van der Waals surface area (Å²) in [5.74, 6) is -0.523. The second-order valence-corrected chi connectivity index (χ2v) is 9.50. The molecule has 7 nitrogen and oxygen atoms in total. The molecule has 2 aromatic carbocycles. The molecule has 0 heterocycles. The molecule has 0 atom stereocenters. The number of benzene rings is 2. The summed E-state index contributed by atoms with van der Waals surface area (Å²) in [6.07, 6.45) is 0. The number of carbonyl (C=O) groups is 2. The molecule has 0 aromatic heterocycles. The summed E-state index contributed by atoms with van der Waals surface area (Å²) < 4.78 is 26.1. The molecule has 2 rings (SSSR count). The number of halogens is 1. The molecule has 150 valence electrons. The normalized spacial score (nSPS) is 11.3. The van der Waals surface area contributed by atoms with Gasteiger partial charge in [0.1, 0.15) is 0 Å². The van der Waals surface area contributed by atoms with E-state index in [9.17, 15) is 18.0 Å². The Hall–Kier alpha value is -2.07. The molecule has 0 fully saturated rings. The number of nitrogens with zero attached hydrogens (tertiary/aromatic N) is 2. The maximum Gasteiger partial charge on any atom is 0.286 e. The Morgan fingerprint density at radius 1 is 1.04 bits per heavy atom. The minimum Gasteiger partial charge on any atom is -0.339 e. The molecule has 2 amide bonds. The number of amides is 2. The van der Waals surface area contributed by atoms with Crippen LogP contribution in [0.3, 0.4) is 0 Å². The van der Waals surface area contributed by atoms with Crippen LogP contribution in [0.4, 0.5) is 10.5 Å². The summed E-state index contributed by atoms with van der Waals surface area (Å²) in [5.41, 5.74) is 0.435. The van der Waals surface area contributed by atoms with Gasteiger partial charge in [0.25, 0.3) is 5.24 Å². The molecule has 0 aliphatic carbocycles. The van der Waals surface area contributed by atoms with Crippen LogP contribution < -0.4 is 5.32 Å². The van der Waals surface area contributed by atoms with E-state index in [2.05, 4.69) is 5.32 Å². The summed E-state index contributed by atoms with van der Waals surface area (Å²) in [4.78, 5) is 26.3. The Morgan fingerprint density at radius 3 is 2.25 bits per heavy atom. The predicted molar refractivity (Wildman–Crippen MR) is 111 cm³/mol. The lowest BCUT2D eigenvalue weighted by Gasteiger charge is -2.18. The zero-order valence-corrected chi connectivity index (χ0v) is 17.9. The molecule has 1 N–H and O–H groups in total. The Morgan fingerprint density at radius 2 is 1.64 bits per heavy atom. The van der Waals surface area contributed by atoms with Crippen LogP contribution in [-0.4, -0.2) is 56.5 Å². The fourth-order valence-electron chi connectivity index (χ4n) is 2.11. The third-order valence-electron chi connectivity index (χ3n) is 3.61. The van der Waals surface area contributed by atoms with Crippen molar-refractivity contribution in [3.8, 4) is 0 Å². The van der Waals surface area contributed by atoms with Gasteiger partial charge in [0.05, 0.1) is 17.1 Å². The van der Waals surface area contributed by atoms with Gasteiger partial charge in [-0.25, -0.2) is 8.42 Å². The van der Waals surface area contributed by atoms with Crippen LogP contribution in [0.15, 0.2) is 58.3 Å². The third-order valence-corrected chi connectivity index (χ3v) is 6.80. The van der Waals surface area contributed by atoms with Gasteiger partial charge in [-0.3, -0.25) is 9.59 Å². The van der Waals surface area contributed by atoms with Crippen LogP contribution in [0, 0.1) is 0 Å². The van der Waals surface area contributed by atoms with Crippen LogP contribution in [0.2, 0.25) is 5.02 Å². The number of thioether (sulfide) groups is 1. The van der Waals surface area contributed by atoms with Crippen molar-refractivity contribution in [2.24, 2.45) is 0 Å². The molecule has 0 saturated carbocycles. The first-order valence-electron chi connectivity index (χ1n) is 8.11. The summed E-state index contributed by atoms with van der Waals surface area (Å²) >= 11 is 6.76. The monoisotopic (exact) mass is 441 g/mol. The van der Waals surface area contributed by atoms with Gasteiger partial charge in [-0.1, -0.05) is 23.7 Å². The number of nitrogens with one attached hydrogen (secondary N) is 1. The number of likely N-dealkylation sites (N-methyl/N-ethyl adjacent to an activating group) is 1. The van der Waals surface area contributed by atoms with Gasteiger partial charge in [0, 0.05) is 31.1 Å². The summed E-state index contributed by atoms with van der Waals surface area (Å²) in [5, 5.41) is 2.89. The Balaban J connectivity index is 2.10. The standard InChI is InChI=1S/C18H20ClN3O4S2/c1-21(2)18(24)27-16-7-5-4-6-15(16)20-17(23)12-22(3)28(25,26)14-10-8-13(19)9-11-14/h4-11H,12H2,1-3H3,(H,20,23). The quantitative estimate of drug-likeness (QED) is 0.694. The van der Waals surface area contributed by atoms with E-state index in [0.717, 1.165) is 16.1 Å². The van der Waals surface area contributed by atoms with Gasteiger partial charge in [-0.2, -0.15) is 4.31 Å². The molecule has 28 heavy (non-hydrogen) atoms. The van der Waals surface area contributed by atoms with Crippen molar-refractivity contribution in [1.29, 1.82) is 0 Å². The van der Waals surface area contributed by atoms with E-state index in [1.165, 1.54) is 36.2 Å². The Kier molecular flexibility index (Phi) is 7.48. The second-order valence-electron chi connectivity index (χ2n) is 6.02. The van der Waals surface area contributed by atoms with Crippen LogP contribution >= 0.6 is 23.4 Å². The van der Waals surface area contributed by atoms with Gasteiger partial charge < -0.3 is 10.2 Å². The van der Waals surface area contributed by atoms with Gasteiger partial charge in [0.2, 0.25) is 15.9 Å². The van der Waals surface area contributed by atoms with E-state index < -0.39 is 15.9 Å². The lowest BCUT2D eigenvalue weighted by molar-refractivity contribution is -0.116. The van der Waals surface area contributed by atoms with Crippen LogP contribution in [0.5, 0.6) is 0 Å². The van der Waals surface area contributed by atoms with Crippen molar-refractivity contribution >= 4 is 50.2 Å². The topological polar surface area (TPSA) is 86.8 Å². The summed E-state index contributed by atoms with van der Waals surface area (Å²) in [7, 11) is 0.748. The number of carbonyl (C=O) groups excluding carboxylic acids is 2. The fourth-order valence-corrected chi connectivity index (χ4v) is 4.11. The maximum atomic E-state index is 12.6. The van der Waals surface area contributed by atoms with E-state index >= 15 is 0 Å². The maximum absolute atomic E-state index is 12.6. The molecule has 0 bridgehead atoms. The first kappa shape index (κ1) is 22.2. The average molecular weight is 442 g/mol. The number of para-hydroxylation sites is 1. The molecular formula is C18H20ClN3O4S2. The van der Waals surface area contributed by atoms with Crippen molar-refractivity contribution in [2.45, 2.75) is 9.79 Å². The molecular weight excluding hydrogens is 422 g/mol. The number of hydrogen-bond acceptors (Lipinski definition) is 5. The fraction of sp³-hybridized carbons (Fsp3) is 0.222. The van der Waals surface area contributed by atoms with Crippen molar-refractivity contribution in [3.05, 3.63) is 53.6 Å². The zero-order valence-electron chi connectivity index (χ0n) is 15.5. The zero-order chi connectivity index (χ0) is 20.9. The van der Waals surface area contributed by atoms with E-state index in [-0.39, 0.29) is 16.7 Å². The van der Waals surface area contributed by atoms with Crippen molar-refractivity contribution in [3.63, 3.8) is 0 Å². The Bertz CT molecular complexity index is 963. The van der Waals surface area contributed by atoms with Gasteiger partial charge >= 0.3 is 0 Å². The molecule has 2 aromatic rings. The highest BCUT2D eigenvalue weighted by Gasteiger charge is 2.23. The summed E-state index contributed by atoms with van der Waals surface area (Å²) in [6, 6.07) is 12.5. The van der Waals surface area contributed by atoms with Crippen LogP contribution in [-0.2, 0) is 14.8 Å². The van der Waals surface area contributed by atoms with Gasteiger partial charge in [-0.15, -0.1) is 0 Å². The highest BCUT2D eigenvalue weighted by atomic mass is 35.5. The smallest absolute Gasteiger partial charge is 0.286 e. The highest BCUT2D eigenvalue weighted by molar-refractivity contribution is 8.13. The number of hydrogen-bond donors (Lipinski definition) is 1. The predicted octanol–water partition coefficient (Wildman–Crippen LogP) is 3.37. The van der Waals surface area contributed by atoms with E-state index in [4.69, 9.17) is 11.6 Å². The van der Waals surface area contributed by atoms with Gasteiger partial charge in [0.15, 0.2) is 0 Å². The number of rotatable bonds is 6. The first-order valence-corrected chi connectivity index (χ1v) is 10.7. The van der Waals surface area contributed by atoms with Crippen molar-refractivity contribution in [1.82, 2.24) is 9.21 Å². The minimum absolute atomic E-state index is 0.0414. The third kappa shape index (κ3) is 5.71. The molecule has 0 radical (unpaired) electrons. The largest absolute Gasteiger partial charge is 0.339 e. The molecule has 0 aliphatic heterocycles. The van der Waals surface area contributed by atoms with Crippen molar-refractivity contribution < 1.29 is 18.0 Å². The molecule has 0 spiro atoms. The lowest BCUT2D eigenvalue weighted by atomic mass is 10.3. The van der Waals surface area contributed by atoms with Crippen LogP contribution in [0.1, 0.15) is 0 Å². The summed E-state index contributed by atoms with van der Waals surface area (Å²) in [6.45, 7) is -0.383. The molecule has 10 heteroatoms. The molecule has 0 saturated heterocycles. The SMILES string of the molecule is CN(C)C(=O)Sc1ccccc1NC(=O)CN(C)S(=O)(=O)c1ccc(Cl)cc1. The van der Waals surface area contributed by atoms with Gasteiger partial charge in [-0.05, 0) is 48.2 Å². The average Bonchev–Trinajstić information content (AvgIpc) is 2.63. The van der Waals surface area contributed by atoms with E-state index in [1.54, 1.807) is 38.4 Å². The lowest BCUT2D eigenvalue weighted by Crippen LogP contribution is -2.35. The van der Waals surface area contributed by atoms with Crippen molar-refractivity contribution in [2.75, 3.05) is 33.0 Å². The minimum atomic E-state index is -3.84. The van der Waals surface area contributed by atoms with E-state index in [1.807, 2.05) is 0 Å². The number of sulfonamides is 1. The van der Waals surface area contributed by atoms with E-state index in [0.29, 0.717) is 15.6 Å². The van der Waals surface area contributed by atoms with Crippen LogP contribution in [0.25, 0.3) is 0 Å². The second kappa shape index (κ2) is 9.42. The molecule has 0 aliphatic rings. The number of anilines is 1.